The Morgan fingerprint density at radius 2 is 2.11 bits per heavy atom. The predicted octanol–water partition coefficient (Wildman–Crippen LogP) is 3.23. The Balaban J connectivity index is 2.00. The Bertz CT molecular complexity index is 459. The lowest BCUT2D eigenvalue weighted by molar-refractivity contribution is -0.115. The second kappa shape index (κ2) is 6.40. The molecule has 0 aromatic heterocycles. The number of halogens is 1. The summed E-state index contributed by atoms with van der Waals surface area (Å²) in [5.41, 5.74) is 3.57. The largest absolute Gasteiger partial charge is 0.326 e. The maximum absolute atomic E-state index is 11.5. The van der Waals surface area contributed by atoms with Gasteiger partial charge >= 0.3 is 0 Å². The zero-order valence-electron chi connectivity index (χ0n) is 11.6. The molecule has 1 N–H and O–H groups in total. The van der Waals surface area contributed by atoms with E-state index in [0.29, 0.717) is 18.2 Å². The average molecular weight is 281 g/mol. The summed E-state index contributed by atoms with van der Waals surface area (Å²) in [6.45, 7) is 7.58. The van der Waals surface area contributed by atoms with Crippen LogP contribution in [0.25, 0.3) is 0 Å². The van der Waals surface area contributed by atoms with Crippen LogP contribution >= 0.6 is 11.6 Å². The normalized spacial score (nSPS) is 14.7. The Hall–Kier alpha value is -1.06. The smallest absolute Gasteiger partial charge is 0.225 e. The highest BCUT2D eigenvalue weighted by Gasteiger charge is 2.19. The lowest BCUT2D eigenvalue weighted by Gasteiger charge is -2.16. The first kappa shape index (κ1) is 14.4. The van der Waals surface area contributed by atoms with Gasteiger partial charge in [0.1, 0.15) is 0 Å². The van der Waals surface area contributed by atoms with E-state index in [2.05, 4.69) is 36.2 Å². The summed E-state index contributed by atoms with van der Waals surface area (Å²) in [6, 6.07) is 6.18. The number of anilines is 1. The van der Waals surface area contributed by atoms with E-state index in [4.69, 9.17) is 11.6 Å². The molecule has 1 aromatic rings. The van der Waals surface area contributed by atoms with E-state index in [9.17, 15) is 4.79 Å². The molecule has 0 saturated carbocycles. The third kappa shape index (κ3) is 3.95. The van der Waals surface area contributed by atoms with Gasteiger partial charge in [0.2, 0.25) is 5.91 Å². The number of alkyl halides is 1. The van der Waals surface area contributed by atoms with Crippen LogP contribution < -0.4 is 5.32 Å². The fourth-order valence-electron chi connectivity index (χ4n) is 2.50. The molecular formula is C15H21ClN2O. The van der Waals surface area contributed by atoms with Gasteiger partial charge in [0.05, 0.1) is 0 Å². The number of amides is 1. The van der Waals surface area contributed by atoms with Gasteiger partial charge in [-0.25, -0.2) is 0 Å². The SMILES string of the molecule is CC(C)CN1Cc2ccc(NC(=O)CCCl)cc2C1. The van der Waals surface area contributed by atoms with Gasteiger partial charge in [-0.05, 0) is 29.2 Å². The summed E-state index contributed by atoms with van der Waals surface area (Å²) in [5, 5.41) is 2.89. The number of nitrogens with zero attached hydrogens (tertiary/aromatic N) is 1. The first-order valence-electron chi connectivity index (χ1n) is 6.78. The summed E-state index contributed by atoms with van der Waals surface area (Å²) in [5.74, 6) is 1.02. The molecule has 0 fully saturated rings. The molecule has 2 rings (SSSR count). The van der Waals surface area contributed by atoms with Crippen molar-refractivity contribution in [2.45, 2.75) is 33.4 Å². The highest BCUT2D eigenvalue weighted by atomic mass is 35.5. The molecular weight excluding hydrogens is 260 g/mol. The van der Waals surface area contributed by atoms with E-state index in [1.807, 2.05) is 6.07 Å². The maximum atomic E-state index is 11.5. The van der Waals surface area contributed by atoms with Gasteiger partial charge < -0.3 is 5.32 Å². The summed E-state index contributed by atoms with van der Waals surface area (Å²) in [7, 11) is 0. The molecule has 4 heteroatoms. The second-order valence-corrected chi connectivity index (χ2v) is 5.91. The van der Waals surface area contributed by atoms with Gasteiger partial charge in [-0.15, -0.1) is 11.6 Å². The Kier molecular flexibility index (Phi) is 4.83. The molecule has 0 bridgehead atoms. The van der Waals surface area contributed by atoms with Crippen LogP contribution in [0.2, 0.25) is 0 Å². The van der Waals surface area contributed by atoms with Gasteiger partial charge in [0.15, 0.2) is 0 Å². The van der Waals surface area contributed by atoms with Crippen LogP contribution in [-0.2, 0) is 17.9 Å². The molecule has 0 atom stereocenters. The minimum atomic E-state index is -0.0213. The lowest BCUT2D eigenvalue weighted by Crippen LogP contribution is -2.21. The second-order valence-electron chi connectivity index (χ2n) is 5.53. The Morgan fingerprint density at radius 1 is 1.37 bits per heavy atom. The van der Waals surface area contributed by atoms with E-state index >= 15 is 0 Å². The van der Waals surface area contributed by atoms with Crippen molar-refractivity contribution in [2.24, 2.45) is 5.92 Å². The van der Waals surface area contributed by atoms with Crippen LogP contribution in [0, 0.1) is 5.92 Å². The van der Waals surface area contributed by atoms with Crippen molar-refractivity contribution in [1.82, 2.24) is 4.90 Å². The molecule has 104 valence electrons. The predicted molar refractivity (Wildman–Crippen MR) is 79.4 cm³/mol. The van der Waals surface area contributed by atoms with Crippen LogP contribution in [0.4, 0.5) is 5.69 Å². The molecule has 0 spiro atoms. The van der Waals surface area contributed by atoms with Crippen molar-refractivity contribution in [2.75, 3.05) is 17.7 Å². The molecule has 0 unspecified atom stereocenters. The molecule has 1 aromatic carbocycles. The number of carbonyl (C=O) groups excluding carboxylic acids is 1. The van der Waals surface area contributed by atoms with Gasteiger partial charge in [-0.2, -0.15) is 0 Å². The Labute approximate surface area is 119 Å². The maximum Gasteiger partial charge on any atom is 0.225 e. The summed E-state index contributed by atoms with van der Waals surface area (Å²) in [6.07, 6.45) is 0.359. The zero-order chi connectivity index (χ0) is 13.8. The fraction of sp³-hybridized carbons (Fsp3) is 0.533. The average Bonchev–Trinajstić information content (AvgIpc) is 2.69. The molecule has 19 heavy (non-hydrogen) atoms. The number of hydrogen-bond acceptors (Lipinski definition) is 2. The highest BCUT2D eigenvalue weighted by Crippen LogP contribution is 2.26. The first-order chi connectivity index (χ1) is 9.08. The number of hydrogen-bond donors (Lipinski definition) is 1. The first-order valence-corrected chi connectivity index (χ1v) is 7.32. The van der Waals surface area contributed by atoms with Crippen LogP contribution in [0.5, 0.6) is 0 Å². The lowest BCUT2D eigenvalue weighted by atomic mass is 10.1. The number of benzene rings is 1. The van der Waals surface area contributed by atoms with Crippen molar-refractivity contribution in [3.63, 3.8) is 0 Å². The topological polar surface area (TPSA) is 32.3 Å². The van der Waals surface area contributed by atoms with Crippen molar-refractivity contribution >= 4 is 23.2 Å². The van der Waals surface area contributed by atoms with Crippen molar-refractivity contribution in [3.8, 4) is 0 Å². The molecule has 0 radical (unpaired) electrons. The third-order valence-corrected chi connectivity index (χ3v) is 3.41. The van der Waals surface area contributed by atoms with E-state index in [1.165, 1.54) is 11.1 Å². The molecule has 1 heterocycles. The van der Waals surface area contributed by atoms with Crippen LogP contribution in [0.15, 0.2) is 18.2 Å². The number of nitrogens with one attached hydrogen (secondary N) is 1. The van der Waals surface area contributed by atoms with Crippen LogP contribution in [0.3, 0.4) is 0 Å². The number of fused-ring (bicyclic) bond motifs is 1. The monoisotopic (exact) mass is 280 g/mol. The highest BCUT2D eigenvalue weighted by molar-refractivity contribution is 6.19. The van der Waals surface area contributed by atoms with Gasteiger partial charge in [0.25, 0.3) is 0 Å². The van der Waals surface area contributed by atoms with E-state index in [0.717, 1.165) is 25.3 Å². The molecule has 0 aliphatic carbocycles. The van der Waals surface area contributed by atoms with Crippen molar-refractivity contribution < 1.29 is 4.79 Å². The van der Waals surface area contributed by atoms with E-state index < -0.39 is 0 Å². The van der Waals surface area contributed by atoms with Crippen LogP contribution in [0.1, 0.15) is 31.4 Å². The fourth-order valence-corrected chi connectivity index (χ4v) is 2.67. The Morgan fingerprint density at radius 3 is 2.79 bits per heavy atom. The van der Waals surface area contributed by atoms with Gasteiger partial charge in [-0.3, -0.25) is 9.69 Å². The van der Waals surface area contributed by atoms with Crippen LogP contribution in [-0.4, -0.2) is 23.2 Å². The molecule has 0 saturated heterocycles. The molecule has 1 aliphatic rings. The third-order valence-electron chi connectivity index (χ3n) is 3.22. The van der Waals surface area contributed by atoms with Crippen molar-refractivity contribution in [3.05, 3.63) is 29.3 Å². The van der Waals surface area contributed by atoms with Crippen molar-refractivity contribution in [1.29, 1.82) is 0 Å². The molecule has 1 amide bonds. The molecule has 1 aliphatic heterocycles. The van der Waals surface area contributed by atoms with E-state index in [1.54, 1.807) is 0 Å². The minimum Gasteiger partial charge on any atom is -0.326 e. The van der Waals surface area contributed by atoms with E-state index in [-0.39, 0.29) is 5.91 Å². The quantitative estimate of drug-likeness (QED) is 0.840. The molecule has 3 nitrogen and oxygen atoms in total. The van der Waals surface area contributed by atoms with Gasteiger partial charge in [0, 0.05) is 37.6 Å². The minimum absolute atomic E-state index is 0.0213. The number of carbonyl (C=O) groups is 1. The standard InChI is InChI=1S/C15H21ClN2O/c1-11(2)8-18-9-12-3-4-14(7-13(12)10-18)17-15(19)5-6-16/h3-4,7,11H,5-6,8-10H2,1-2H3,(H,17,19). The summed E-state index contributed by atoms with van der Waals surface area (Å²) >= 11 is 5.56. The zero-order valence-corrected chi connectivity index (χ0v) is 12.3. The summed E-state index contributed by atoms with van der Waals surface area (Å²) < 4.78 is 0. The van der Waals surface area contributed by atoms with Gasteiger partial charge in [-0.1, -0.05) is 19.9 Å². The summed E-state index contributed by atoms with van der Waals surface area (Å²) in [4.78, 5) is 14.0. The number of rotatable bonds is 5.